The van der Waals surface area contributed by atoms with Gasteiger partial charge in [0.1, 0.15) is 18.3 Å². The van der Waals surface area contributed by atoms with Gasteiger partial charge in [0.05, 0.1) is 0 Å². The number of aliphatic hydroxyl groups excluding tert-OH is 4. The summed E-state index contributed by atoms with van der Waals surface area (Å²) in [7, 11) is 1.94. The van der Waals surface area contributed by atoms with Gasteiger partial charge in [0, 0.05) is 26.2 Å². The van der Waals surface area contributed by atoms with Gasteiger partial charge in [0.25, 0.3) is 5.91 Å². The van der Waals surface area contributed by atoms with Crippen LogP contribution in [0.3, 0.4) is 0 Å². The third-order valence-corrected chi connectivity index (χ3v) is 3.65. The lowest BCUT2D eigenvalue weighted by Crippen LogP contribution is -2.63. The maximum atomic E-state index is 12.2. The number of aliphatic hydroxyl groups is 4. The molecule has 8 heteroatoms. The van der Waals surface area contributed by atoms with Gasteiger partial charge in [-0.1, -0.05) is 0 Å². The van der Waals surface area contributed by atoms with Gasteiger partial charge in [-0.15, -0.1) is 0 Å². The zero-order valence-electron chi connectivity index (χ0n) is 10.7. The van der Waals surface area contributed by atoms with Crippen molar-refractivity contribution in [1.29, 1.82) is 0 Å². The fourth-order valence-electron chi connectivity index (χ4n) is 2.27. The highest BCUT2D eigenvalue weighted by atomic mass is 16.6. The number of hydrogen-bond donors (Lipinski definition) is 4. The zero-order chi connectivity index (χ0) is 14.2. The lowest BCUT2D eigenvalue weighted by molar-refractivity contribution is -0.278. The standard InChI is InChI=1S/C11H20N2O6/c1-12-2-4-13(5-3-12)10(17)9-7(15)6(14)8(16)11(18)19-9/h6-9,11,14-16,18H,2-5H2,1H3/t6-,7-,8+,9-,11?/m0/s1. The third-order valence-electron chi connectivity index (χ3n) is 3.65. The molecule has 2 aliphatic rings. The van der Waals surface area contributed by atoms with E-state index in [2.05, 4.69) is 4.90 Å². The summed E-state index contributed by atoms with van der Waals surface area (Å²) in [6.45, 7) is 2.41. The number of likely N-dealkylation sites (N-methyl/N-ethyl adjacent to an activating group) is 1. The van der Waals surface area contributed by atoms with E-state index in [1.165, 1.54) is 4.90 Å². The number of hydrogen-bond acceptors (Lipinski definition) is 7. The molecule has 2 fully saturated rings. The highest BCUT2D eigenvalue weighted by Gasteiger charge is 2.47. The van der Waals surface area contributed by atoms with Crippen LogP contribution < -0.4 is 0 Å². The van der Waals surface area contributed by atoms with E-state index in [1.54, 1.807) is 0 Å². The van der Waals surface area contributed by atoms with Crippen molar-refractivity contribution in [2.24, 2.45) is 0 Å². The highest BCUT2D eigenvalue weighted by molar-refractivity contribution is 5.82. The fraction of sp³-hybridized carbons (Fsp3) is 0.909. The first-order chi connectivity index (χ1) is 8.91. The lowest BCUT2D eigenvalue weighted by atomic mass is 9.98. The Bertz CT molecular complexity index is 333. The highest BCUT2D eigenvalue weighted by Crippen LogP contribution is 2.21. The molecule has 8 nitrogen and oxygen atoms in total. The average Bonchev–Trinajstić information content (AvgIpc) is 2.40. The molecule has 4 N–H and O–H groups in total. The summed E-state index contributed by atoms with van der Waals surface area (Å²) in [5, 5.41) is 38.1. The molecule has 0 saturated carbocycles. The van der Waals surface area contributed by atoms with Crippen molar-refractivity contribution in [3.05, 3.63) is 0 Å². The SMILES string of the molecule is CN1CCN(C(=O)[C@H]2OC(O)[C@H](O)[C@@H](O)[C@@H]2O)CC1. The van der Waals surface area contributed by atoms with E-state index in [1.807, 2.05) is 7.05 Å². The first kappa shape index (κ1) is 14.6. The topological polar surface area (TPSA) is 114 Å². The van der Waals surface area contributed by atoms with Crippen LogP contribution >= 0.6 is 0 Å². The predicted molar refractivity (Wildman–Crippen MR) is 63.0 cm³/mol. The Morgan fingerprint density at radius 1 is 1.00 bits per heavy atom. The second-order valence-corrected chi connectivity index (χ2v) is 5.05. The van der Waals surface area contributed by atoms with Crippen molar-refractivity contribution >= 4 is 5.91 Å². The molecular formula is C11H20N2O6. The molecule has 5 atom stereocenters. The number of amides is 1. The van der Waals surface area contributed by atoms with Gasteiger partial charge in [0.15, 0.2) is 12.4 Å². The maximum absolute atomic E-state index is 12.2. The van der Waals surface area contributed by atoms with E-state index in [0.717, 1.165) is 0 Å². The smallest absolute Gasteiger partial charge is 0.254 e. The molecule has 2 saturated heterocycles. The second kappa shape index (κ2) is 5.70. The van der Waals surface area contributed by atoms with Gasteiger partial charge in [0.2, 0.25) is 0 Å². The van der Waals surface area contributed by atoms with Crippen LogP contribution in [0.15, 0.2) is 0 Å². The molecule has 19 heavy (non-hydrogen) atoms. The summed E-state index contributed by atoms with van der Waals surface area (Å²) in [4.78, 5) is 15.8. The Labute approximate surface area is 110 Å². The molecule has 110 valence electrons. The van der Waals surface area contributed by atoms with Gasteiger partial charge in [-0.05, 0) is 7.05 Å². The van der Waals surface area contributed by atoms with E-state index < -0.39 is 36.6 Å². The molecule has 0 aromatic rings. The lowest BCUT2D eigenvalue weighted by Gasteiger charge is -2.41. The quantitative estimate of drug-likeness (QED) is 0.394. The van der Waals surface area contributed by atoms with Crippen molar-refractivity contribution in [1.82, 2.24) is 9.80 Å². The molecule has 1 amide bonds. The number of ether oxygens (including phenoxy) is 1. The molecule has 0 radical (unpaired) electrons. The Kier molecular flexibility index (Phi) is 4.39. The van der Waals surface area contributed by atoms with Crippen molar-refractivity contribution in [2.45, 2.75) is 30.7 Å². The number of carbonyl (C=O) groups excluding carboxylic acids is 1. The Balaban J connectivity index is 2.02. The minimum atomic E-state index is -1.68. The van der Waals surface area contributed by atoms with Crippen LogP contribution in [0.5, 0.6) is 0 Å². The summed E-state index contributed by atoms with van der Waals surface area (Å²) < 4.78 is 4.91. The van der Waals surface area contributed by atoms with Gasteiger partial charge >= 0.3 is 0 Å². The van der Waals surface area contributed by atoms with E-state index in [-0.39, 0.29) is 0 Å². The van der Waals surface area contributed by atoms with Crippen molar-refractivity contribution in [3.8, 4) is 0 Å². The van der Waals surface area contributed by atoms with Crippen LogP contribution in [-0.4, -0.2) is 100 Å². The van der Waals surface area contributed by atoms with E-state index in [0.29, 0.717) is 26.2 Å². The Morgan fingerprint density at radius 3 is 2.16 bits per heavy atom. The van der Waals surface area contributed by atoms with E-state index >= 15 is 0 Å². The molecule has 0 aliphatic carbocycles. The van der Waals surface area contributed by atoms with Crippen LogP contribution in [0, 0.1) is 0 Å². The molecular weight excluding hydrogens is 256 g/mol. The molecule has 0 aromatic heterocycles. The Morgan fingerprint density at radius 2 is 1.58 bits per heavy atom. The largest absolute Gasteiger partial charge is 0.387 e. The van der Waals surface area contributed by atoms with Crippen LogP contribution in [0.2, 0.25) is 0 Å². The summed E-state index contributed by atoms with van der Waals surface area (Å²) in [5.41, 5.74) is 0. The predicted octanol–water partition coefficient (Wildman–Crippen LogP) is -3.44. The van der Waals surface area contributed by atoms with Gasteiger partial charge < -0.3 is 35.0 Å². The first-order valence-electron chi connectivity index (χ1n) is 6.27. The van der Waals surface area contributed by atoms with Crippen molar-refractivity contribution in [3.63, 3.8) is 0 Å². The maximum Gasteiger partial charge on any atom is 0.254 e. The monoisotopic (exact) mass is 276 g/mol. The summed E-state index contributed by atoms with van der Waals surface area (Å²) in [6.07, 6.45) is -7.81. The number of nitrogens with zero attached hydrogens (tertiary/aromatic N) is 2. The van der Waals surface area contributed by atoms with E-state index in [4.69, 9.17) is 4.74 Å². The average molecular weight is 276 g/mol. The molecule has 2 heterocycles. The Hall–Kier alpha value is -0.770. The third kappa shape index (κ3) is 2.88. The van der Waals surface area contributed by atoms with Crippen molar-refractivity contribution in [2.75, 3.05) is 33.2 Å². The summed E-state index contributed by atoms with van der Waals surface area (Å²) in [5.74, 6) is -0.481. The van der Waals surface area contributed by atoms with Crippen LogP contribution in [0.4, 0.5) is 0 Å². The number of carbonyl (C=O) groups is 1. The summed E-state index contributed by atoms with van der Waals surface area (Å²) in [6, 6.07) is 0. The van der Waals surface area contributed by atoms with Gasteiger partial charge in [-0.2, -0.15) is 0 Å². The minimum absolute atomic E-state index is 0.481. The normalized spacial score (nSPS) is 41.3. The van der Waals surface area contributed by atoms with Gasteiger partial charge in [-0.3, -0.25) is 4.79 Å². The molecule has 0 spiro atoms. The molecule has 2 rings (SSSR count). The number of piperazine rings is 1. The molecule has 1 unspecified atom stereocenters. The van der Waals surface area contributed by atoms with Gasteiger partial charge in [-0.25, -0.2) is 0 Å². The summed E-state index contributed by atoms with van der Waals surface area (Å²) >= 11 is 0. The van der Waals surface area contributed by atoms with E-state index in [9.17, 15) is 25.2 Å². The zero-order valence-corrected chi connectivity index (χ0v) is 10.7. The number of rotatable bonds is 1. The van der Waals surface area contributed by atoms with Crippen molar-refractivity contribution < 1.29 is 30.0 Å². The molecule has 2 aliphatic heterocycles. The fourth-order valence-corrected chi connectivity index (χ4v) is 2.27. The molecule has 0 bridgehead atoms. The van der Waals surface area contributed by atoms with Crippen LogP contribution in [-0.2, 0) is 9.53 Å². The second-order valence-electron chi connectivity index (χ2n) is 5.05. The van der Waals surface area contributed by atoms with Crippen LogP contribution in [0.1, 0.15) is 0 Å². The van der Waals surface area contributed by atoms with Crippen LogP contribution in [0.25, 0.3) is 0 Å². The first-order valence-corrected chi connectivity index (χ1v) is 6.27. The minimum Gasteiger partial charge on any atom is -0.387 e. The molecule has 0 aromatic carbocycles.